The van der Waals surface area contributed by atoms with Crippen molar-refractivity contribution in [1.82, 2.24) is 15.2 Å². The van der Waals surface area contributed by atoms with Gasteiger partial charge < -0.3 is 10.2 Å². The lowest BCUT2D eigenvalue weighted by molar-refractivity contribution is 0.711. The Kier molecular flexibility index (Phi) is 6.12. The fourth-order valence-corrected chi connectivity index (χ4v) is 2.79. The minimum atomic E-state index is 0.678. The number of nitrogens with zero attached hydrogens (tertiary/aromatic N) is 4. The van der Waals surface area contributed by atoms with Gasteiger partial charge in [0.2, 0.25) is 5.95 Å². The van der Waals surface area contributed by atoms with Gasteiger partial charge in [0.25, 0.3) is 0 Å². The molecule has 22 heavy (non-hydrogen) atoms. The minimum Gasteiger partial charge on any atom is -0.339 e. The summed E-state index contributed by atoms with van der Waals surface area (Å²) in [6.07, 6.45) is 3.76. The van der Waals surface area contributed by atoms with Crippen LogP contribution in [-0.4, -0.2) is 28.3 Å². The topological polar surface area (TPSA) is 53.9 Å². The maximum absolute atomic E-state index is 4.59. The molecule has 0 aliphatic rings. The zero-order valence-corrected chi connectivity index (χ0v) is 14.9. The van der Waals surface area contributed by atoms with E-state index in [1.807, 2.05) is 6.07 Å². The van der Waals surface area contributed by atoms with E-state index >= 15 is 0 Å². The van der Waals surface area contributed by atoms with Gasteiger partial charge in [-0.25, -0.2) is 0 Å². The van der Waals surface area contributed by atoms with Crippen molar-refractivity contribution in [1.29, 1.82) is 0 Å². The van der Waals surface area contributed by atoms with Gasteiger partial charge in [-0.1, -0.05) is 19.9 Å². The fourth-order valence-electron chi connectivity index (χ4n) is 2.20. The molecule has 0 fully saturated rings. The van der Waals surface area contributed by atoms with Crippen LogP contribution in [0.4, 0.5) is 17.5 Å². The van der Waals surface area contributed by atoms with Crippen molar-refractivity contribution in [3.05, 3.63) is 34.4 Å². The van der Waals surface area contributed by atoms with Crippen LogP contribution in [0.15, 0.2) is 28.9 Å². The van der Waals surface area contributed by atoms with E-state index < -0.39 is 0 Å². The van der Waals surface area contributed by atoms with Crippen molar-refractivity contribution < 1.29 is 0 Å². The zero-order chi connectivity index (χ0) is 15.9. The molecule has 5 nitrogen and oxygen atoms in total. The van der Waals surface area contributed by atoms with E-state index in [1.165, 1.54) is 5.56 Å². The van der Waals surface area contributed by atoms with E-state index in [0.717, 1.165) is 36.1 Å². The van der Waals surface area contributed by atoms with Gasteiger partial charge in [0.15, 0.2) is 5.82 Å². The molecule has 0 bridgehead atoms. The second-order valence-electron chi connectivity index (χ2n) is 5.24. The van der Waals surface area contributed by atoms with Crippen molar-refractivity contribution in [3.63, 3.8) is 0 Å². The van der Waals surface area contributed by atoms with E-state index in [2.05, 4.69) is 74.2 Å². The summed E-state index contributed by atoms with van der Waals surface area (Å²) >= 11 is 3.57. The number of aryl methyl sites for hydroxylation is 1. The van der Waals surface area contributed by atoms with Crippen LogP contribution in [0, 0.1) is 6.92 Å². The lowest BCUT2D eigenvalue weighted by Gasteiger charge is -2.21. The Labute approximate surface area is 140 Å². The second kappa shape index (κ2) is 8.08. The lowest BCUT2D eigenvalue weighted by Crippen LogP contribution is -2.27. The Balaban J connectivity index is 2.20. The monoisotopic (exact) mass is 363 g/mol. The van der Waals surface area contributed by atoms with Gasteiger partial charge in [-0.05, 0) is 53.4 Å². The quantitative estimate of drug-likeness (QED) is 0.793. The number of aromatic nitrogens is 3. The Hall–Kier alpha value is -1.69. The Morgan fingerprint density at radius 2 is 1.91 bits per heavy atom. The van der Waals surface area contributed by atoms with Crippen molar-refractivity contribution in [3.8, 4) is 0 Å². The largest absolute Gasteiger partial charge is 0.339 e. The SMILES string of the molecule is CCCN(CCC)c1nncc(Nc2ccc(C)cc2Br)n1. The fraction of sp³-hybridized carbons (Fsp3) is 0.438. The molecular formula is C16H22BrN5. The Morgan fingerprint density at radius 1 is 1.18 bits per heavy atom. The number of hydrogen-bond acceptors (Lipinski definition) is 5. The molecule has 0 aliphatic carbocycles. The average molecular weight is 364 g/mol. The van der Waals surface area contributed by atoms with E-state index in [-0.39, 0.29) is 0 Å². The van der Waals surface area contributed by atoms with Crippen LogP contribution >= 0.6 is 15.9 Å². The molecule has 1 N–H and O–H groups in total. The van der Waals surface area contributed by atoms with Gasteiger partial charge in [0.05, 0.1) is 11.9 Å². The van der Waals surface area contributed by atoms with E-state index in [0.29, 0.717) is 11.8 Å². The molecule has 0 aliphatic heterocycles. The summed E-state index contributed by atoms with van der Waals surface area (Å²) in [5.74, 6) is 1.38. The first-order valence-electron chi connectivity index (χ1n) is 7.61. The summed E-state index contributed by atoms with van der Waals surface area (Å²) in [5, 5.41) is 11.5. The van der Waals surface area contributed by atoms with Crippen LogP contribution in [0.3, 0.4) is 0 Å². The molecule has 0 amide bonds. The first-order valence-corrected chi connectivity index (χ1v) is 8.41. The van der Waals surface area contributed by atoms with Gasteiger partial charge in [-0.3, -0.25) is 0 Å². The number of hydrogen-bond donors (Lipinski definition) is 1. The molecule has 0 radical (unpaired) electrons. The molecule has 0 spiro atoms. The first kappa shape index (κ1) is 16.7. The third-order valence-electron chi connectivity index (χ3n) is 3.20. The van der Waals surface area contributed by atoms with Crippen molar-refractivity contribution in [2.75, 3.05) is 23.3 Å². The molecule has 0 saturated heterocycles. The first-order chi connectivity index (χ1) is 10.6. The van der Waals surface area contributed by atoms with Crippen LogP contribution < -0.4 is 10.2 Å². The predicted molar refractivity (Wildman–Crippen MR) is 94.8 cm³/mol. The average Bonchev–Trinajstić information content (AvgIpc) is 2.50. The van der Waals surface area contributed by atoms with Crippen LogP contribution in [-0.2, 0) is 0 Å². The van der Waals surface area contributed by atoms with Gasteiger partial charge in [0.1, 0.15) is 0 Å². The molecule has 0 saturated carbocycles. The third-order valence-corrected chi connectivity index (χ3v) is 3.86. The molecule has 6 heteroatoms. The highest BCUT2D eigenvalue weighted by Crippen LogP contribution is 2.26. The Morgan fingerprint density at radius 3 is 2.55 bits per heavy atom. The van der Waals surface area contributed by atoms with Crippen molar-refractivity contribution in [2.24, 2.45) is 0 Å². The van der Waals surface area contributed by atoms with Gasteiger partial charge in [0, 0.05) is 17.6 Å². The standard InChI is InChI=1S/C16H22BrN5/c1-4-8-22(9-5-2)16-20-15(11-18-21-16)19-14-7-6-12(3)10-13(14)17/h6-7,10-11H,4-5,8-9H2,1-3H3,(H,19,20,21). The molecule has 1 aromatic heterocycles. The summed E-state index contributed by atoms with van der Waals surface area (Å²) in [7, 11) is 0. The molecule has 118 valence electrons. The van der Waals surface area contributed by atoms with Crippen LogP contribution in [0.25, 0.3) is 0 Å². The highest BCUT2D eigenvalue weighted by Gasteiger charge is 2.10. The summed E-state index contributed by atoms with van der Waals surface area (Å²) < 4.78 is 1.01. The van der Waals surface area contributed by atoms with Crippen molar-refractivity contribution >= 4 is 33.4 Å². The molecule has 0 unspecified atom stereocenters. The molecule has 1 aromatic carbocycles. The maximum atomic E-state index is 4.59. The predicted octanol–water partition coefficient (Wildman–Crippen LogP) is 4.31. The van der Waals surface area contributed by atoms with Crippen LogP contribution in [0.5, 0.6) is 0 Å². The molecule has 2 rings (SSSR count). The molecule has 0 atom stereocenters. The van der Waals surface area contributed by atoms with Crippen molar-refractivity contribution in [2.45, 2.75) is 33.6 Å². The van der Waals surface area contributed by atoms with Gasteiger partial charge in [-0.2, -0.15) is 10.1 Å². The highest BCUT2D eigenvalue weighted by molar-refractivity contribution is 9.10. The minimum absolute atomic E-state index is 0.678. The third kappa shape index (κ3) is 4.40. The van der Waals surface area contributed by atoms with Crippen LogP contribution in [0.2, 0.25) is 0 Å². The lowest BCUT2D eigenvalue weighted by atomic mass is 10.2. The molecular weight excluding hydrogens is 342 g/mol. The van der Waals surface area contributed by atoms with Crippen LogP contribution in [0.1, 0.15) is 32.3 Å². The van der Waals surface area contributed by atoms with E-state index in [4.69, 9.17) is 0 Å². The van der Waals surface area contributed by atoms with Gasteiger partial charge in [-0.15, -0.1) is 5.10 Å². The molecule has 1 heterocycles. The number of nitrogens with one attached hydrogen (secondary N) is 1. The summed E-state index contributed by atoms with van der Waals surface area (Å²) in [6.45, 7) is 8.25. The number of rotatable bonds is 7. The highest BCUT2D eigenvalue weighted by atomic mass is 79.9. The van der Waals surface area contributed by atoms with E-state index in [1.54, 1.807) is 6.20 Å². The summed E-state index contributed by atoms with van der Waals surface area (Å²) in [5.41, 5.74) is 2.17. The smallest absolute Gasteiger partial charge is 0.247 e. The Bertz CT molecular complexity index is 611. The molecule has 2 aromatic rings. The maximum Gasteiger partial charge on any atom is 0.247 e. The number of halogens is 1. The second-order valence-corrected chi connectivity index (χ2v) is 6.09. The summed E-state index contributed by atoms with van der Waals surface area (Å²) in [4.78, 5) is 6.76. The number of anilines is 3. The van der Waals surface area contributed by atoms with Gasteiger partial charge >= 0.3 is 0 Å². The number of benzene rings is 1. The zero-order valence-electron chi connectivity index (χ0n) is 13.3. The normalized spacial score (nSPS) is 10.5. The summed E-state index contributed by atoms with van der Waals surface area (Å²) in [6, 6.07) is 6.15. The van der Waals surface area contributed by atoms with E-state index in [9.17, 15) is 0 Å².